The normalized spacial score (nSPS) is 24.7. The molecule has 30 heavy (non-hydrogen) atoms. The van der Waals surface area contributed by atoms with E-state index in [1.165, 1.54) is 0 Å². The lowest BCUT2D eigenvalue weighted by Crippen LogP contribution is -2.47. The van der Waals surface area contributed by atoms with E-state index in [9.17, 15) is 13.2 Å². The number of ether oxygens (including phenoxy) is 1. The molecule has 1 saturated heterocycles. The molecule has 158 valence electrons. The van der Waals surface area contributed by atoms with E-state index in [2.05, 4.69) is 15.2 Å². The summed E-state index contributed by atoms with van der Waals surface area (Å²) in [6, 6.07) is 14.0. The number of aryl methyl sites for hydroxylation is 1. The van der Waals surface area contributed by atoms with Gasteiger partial charge in [0, 0.05) is 29.8 Å². The van der Waals surface area contributed by atoms with Crippen LogP contribution in [0.4, 0.5) is 5.69 Å². The van der Waals surface area contributed by atoms with Crippen LogP contribution in [-0.4, -0.2) is 26.1 Å². The summed E-state index contributed by atoms with van der Waals surface area (Å²) in [5.74, 6) is -0.237. The Labute approximate surface area is 176 Å². The predicted molar refractivity (Wildman–Crippen MR) is 115 cm³/mol. The molecule has 0 bridgehead atoms. The number of hydrogen-bond acceptors (Lipinski definition) is 5. The molecule has 2 atom stereocenters. The van der Waals surface area contributed by atoms with E-state index in [-0.39, 0.29) is 23.3 Å². The fraction of sp³-hybridized carbons (Fsp3) is 0.364. The summed E-state index contributed by atoms with van der Waals surface area (Å²) in [4.78, 5) is 15.4. The molecule has 2 heterocycles. The lowest BCUT2D eigenvalue weighted by atomic mass is 9.84. The number of fused-ring (bicyclic) bond motifs is 2. The number of nitrogens with zero attached hydrogens (tertiary/aromatic N) is 1. The first-order valence-corrected chi connectivity index (χ1v) is 11.5. The molecule has 0 aromatic heterocycles. The Balaban J connectivity index is 1.65. The molecule has 1 amide bonds. The molecule has 2 aliphatic rings. The van der Waals surface area contributed by atoms with Gasteiger partial charge in [0.05, 0.1) is 11.0 Å². The highest BCUT2D eigenvalue weighted by Crippen LogP contribution is 2.45. The van der Waals surface area contributed by atoms with Crippen molar-refractivity contribution in [2.75, 3.05) is 5.32 Å². The minimum atomic E-state index is -3.79. The van der Waals surface area contributed by atoms with E-state index in [4.69, 9.17) is 4.74 Å². The van der Waals surface area contributed by atoms with Gasteiger partial charge in [-0.2, -0.15) is 13.5 Å². The first-order chi connectivity index (χ1) is 14.3. The molecule has 1 fully saturated rings. The standard InChI is InChI=1S/C22H25N3O4S/c1-3-6-17-13-16(24-25-30(27,28)18-11-9-15(2)10-12-18)14-22(29-17)19-7-4-5-8-20(19)23-21(22)26/h4-5,7-12,17,25H,3,6,13-14H2,1-2H3,(H,23,26)/t17-,22+/m1/s1. The SMILES string of the molecule is CCC[C@@H]1CC(=NNS(=O)(=O)c2ccc(C)cc2)C[C@@]2(O1)C(=O)Nc1ccccc12. The molecule has 0 saturated carbocycles. The molecule has 0 unspecified atom stereocenters. The van der Waals surface area contributed by atoms with Crippen LogP contribution in [0.1, 0.15) is 43.7 Å². The second kappa shape index (κ2) is 7.85. The molecular weight excluding hydrogens is 402 g/mol. The minimum absolute atomic E-state index is 0.147. The second-order valence-electron chi connectivity index (χ2n) is 7.82. The van der Waals surface area contributed by atoms with Crippen molar-refractivity contribution in [3.63, 3.8) is 0 Å². The number of hydrogen-bond donors (Lipinski definition) is 2. The van der Waals surface area contributed by atoms with Gasteiger partial charge in [0.25, 0.3) is 15.9 Å². The van der Waals surface area contributed by atoms with Crippen molar-refractivity contribution in [3.05, 3.63) is 59.7 Å². The summed E-state index contributed by atoms with van der Waals surface area (Å²) >= 11 is 0. The Morgan fingerprint density at radius 1 is 1.20 bits per heavy atom. The molecule has 2 N–H and O–H groups in total. The van der Waals surface area contributed by atoms with Crippen molar-refractivity contribution in [1.82, 2.24) is 4.83 Å². The number of anilines is 1. The highest BCUT2D eigenvalue weighted by Gasteiger charge is 2.52. The Morgan fingerprint density at radius 3 is 2.67 bits per heavy atom. The zero-order chi connectivity index (χ0) is 21.4. The number of amides is 1. The van der Waals surface area contributed by atoms with Gasteiger partial charge >= 0.3 is 0 Å². The van der Waals surface area contributed by atoms with Gasteiger partial charge in [-0.3, -0.25) is 4.79 Å². The molecule has 2 aromatic carbocycles. The Morgan fingerprint density at radius 2 is 1.93 bits per heavy atom. The van der Waals surface area contributed by atoms with Crippen LogP contribution in [0.5, 0.6) is 0 Å². The third-order valence-electron chi connectivity index (χ3n) is 5.53. The average molecular weight is 428 g/mol. The average Bonchev–Trinajstić information content (AvgIpc) is 2.98. The zero-order valence-corrected chi connectivity index (χ0v) is 17.8. The third kappa shape index (κ3) is 3.73. The molecule has 2 aromatic rings. The summed E-state index contributed by atoms with van der Waals surface area (Å²) in [5, 5.41) is 7.12. The number of nitrogens with one attached hydrogen (secondary N) is 2. The van der Waals surface area contributed by atoms with Crippen LogP contribution >= 0.6 is 0 Å². The van der Waals surface area contributed by atoms with Crippen molar-refractivity contribution >= 4 is 27.3 Å². The van der Waals surface area contributed by atoms with Crippen molar-refractivity contribution in [2.24, 2.45) is 5.10 Å². The van der Waals surface area contributed by atoms with E-state index in [0.29, 0.717) is 12.1 Å². The summed E-state index contributed by atoms with van der Waals surface area (Å²) in [6.07, 6.45) is 2.09. The Hall–Kier alpha value is -2.71. The number of hydrazone groups is 1. The lowest BCUT2D eigenvalue weighted by Gasteiger charge is -2.37. The fourth-order valence-electron chi connectivity index (χ4n) is 4.04. The quantitative estimate of drug-likeness (QED) is 0.714. The largest absolute Gasteiger partial charge is 0.356 e. The summed E-state index contributed by atoms with van der Waals surface area (Å²) in [5.41, 5.74) is 1.88. The van der Waals surface area contributed by atoms with Gasteiger partial charge in [0.2, 0.25) is 0 Å². The van der Waals surface area contributed by atoms with Gasteiger partial charge in [0.1, 0.15) is 0 Å². The topological polar surface area (TPSA) is 96.9 Å². The summed E-state index contributed by atoms with van der Waals surface area (Å²) in [6.45, 7) is 3.94. The Kier molecular flexibility index (Phi) is 5.38. The van der Waals surface area contributed by atoms with Crippen molar-refractivity contribution in [2.45, 2.75) is 56.1 Å². The van der Waals surface area contributed by atoms with Crippen molar-refractivity contribution in [1.29, 1.82) is 0 Å². The molecule has 7 nitrogen and oxygen atoms in total. The second-order valence-corrected chi connectivity index (χ2v) is 9.48. The first-order valence-electron chi connectivity index (χ1n) is 10.1. The maximum Gasteiger partial charge on any atom is 0.276 e. The number of benzene rings is 2. The monoisotopic (exact) mass is 427 g/mol. The minimum Gasteiger partial charge on any atom is -0.356 e. The fourth-order valence-corrected chi connectivity index (χ4v) is 4.88. The molecule has 2 aliphatic heterocycles. The number of rotatable bonds is 5. The maximum atomic E-state index is 12.9. The van der Waals surface area contributed by atoms with E-state index in [1.54, 1.807) is 24.3 Å². The van der Waals surface area contributed by atoms with Crippen molar-refractivity contribution in [3.8, 4) is 0 Å². The third-order valence-corrected chi connectivity index (χ3v) is 6.75. The van der Waals surface area contributed by atoms with E-state index in [1.807, 2.05) is 38.1 Å². The number of sulfonamides is 1. The van der Waals surface area contributed by atoms with E-state index in [0.717, 1.165) is 29.7 Å². The van der Waals surface area contributed by atoms with Crippen molar-refractivity contribution < 1.29 is 17.9 Å². The smallest absolute Gasteiger partial charge is 0.276 e. The molecule has 4 rings (SSSR count). The van der Waals surface area contributed by atoms with Gasteiger partial charge in [-0.25, -0.2) is 4.83 Å². The summed E-state index contributed by atoms with van der Waals surface area (Å²) < 4.78 is 31.6. The molecule has 0 radical (unpaired) electrons. The lowest BCUT2D eigenvalue weighted by molar-refractivity contribution is -0.153. The number of carbonyl (C=O) groups is 1. The number of para-hydroxylation sites is 1. The first kappa shape index (κ1) is 20.6. The molecule has 0 aliphatic carbocycles. The van der Waals surface area contributed by atoms with E-state index < -0.39 is 15.6 Å². The zero-order valence-electron chi connectivity index (χ0n) is 17.0. The van der Waals surface area contributed by atoms with Gasteiger partial charge in [-0.05, 0) is 31.5 Å². The van der Waals surface area contributed by atoms with Crippen LogP contribution in [0.3, 0.4) is 0 Å². The number of carbonyl (C=O) groups excluding carboxylic acids is 1. The van der Waals surface area contributed by atoms with Gasteiger partial charge in [-0.1, -0.05) is 49.2 Å². The van der Waals surface area contributed by atoms with Crippen LogP contribution in [0, 0.1) is 6.92 Å². The van der Waals surface area contributed by atoms with Crippen LogP contribution in [0.25, 0.3) is 0 Å². The van der Waals surface area contributed by atoms with Gasteiger partial charge < -0.3 is 10.1 Å². The van der Waals surface area contributed by atoms with Crippen LogP contribution in [0.15, 0.2) is 58.5 Å². The maximum absolute atomic E-state index is 12.9. The van der Waals surface area contributed by atoms with Gasteiger partial charge in [0.15, 0.2) is 5.60 Å². The molecule has 1 spiro atoms. The highest BCUT2D eigenvalue weighted by atomic mass is 32.2. The molecule has 8 heteroatoms. The Bertz CT molecular complexity index is 1100. The summed E-state index contributed by atoms with van der Waals surface area (Å²) in [7, 11) is -3.79. The van der Waals surface area contributed by atoms with E-state index >= 15 is 0 Å². The molecular formula is C22H25N3O4S. The van der Waals surface area contributed by atoms with Crippen LogP contribution < -0.4 is 10.1 Å². The van der Waals surface area contributed by atoms with Crippen LogP contribution in [0.2, 0.25) is 0 Å². The van der Waals surface area contributed by atoms with Crippen LogP contribution in [-0.2, 0) is 25.2 Å². The highest BCUT2D eigenvalue weighted by molar-refractivity contribution is 7.89. The predicted octanol–water partition coefficient (Wildman–Crippen LogP) is 3.46. The van der Waals surface area contributed by atoms with Gasteiger partial charge in [-0.15, -0.1) is 0 Å².